The van der Waals surface area contributed by atoms with Crippen molar-refractivity contribution < 1.29 is 9.53 Å². The number of rotatable bonds is 4. The Morgan fingerprint density at radius 3 is 2.64 bits per heavy atom. The van der Waals surface area contributed by atoms with Crippen LogP contribution in [-0.4, -0.2) is 22.4 Å². The van der Waals surface area contributed by atoms with Crippen molar-refractivity contribution in [2.24, 2.45) is 0 Å². The van der Waals surface area contributed by atoms with Crippen molar-refractivity contribution in [2.45, 2.75) is 6.92 Å². The summed E-state index contributed by atoms with van der Waals surface area (Å²) in [5.74, 6) is 1.02. The molecule has 0 radical (unpaired) electrons. The van der Waals surface area contributed by atoms with Gasteiger partial charge >= 0.3 is 0 Å². The van der Waals surface area contributed by atoms with Crippen molar-refractivity contribution in [3.8, 4) is 23.2 Å². The Labute approximate surface area is 148 Å². The van der Waals surface area contributed by atoms with Crippen LogP contribution in [-0.2, 0) is 0 Å². The molecule has 0 bridgehead atoms. The van der Waals surface area contributed by atoms with Crippen molar-refractivity contribution in [2.75, 3.05) is 12.4 Å². The van der Waals surface area contributed by atoms with Gasteiger partial charge < -0.3 is 4.74 Å². The van der Waals surface area contributed by atoms with Crippen LogP contribution in [0.2, 0.25) is 0 Å². The molecule has 3 aromatic rings. The number of aryl methyl sites for hydroxylation is 1. The normalized spacial score (nSPS) is 10.1. The van der Waals surface area contributed by atoms with Crippen molar-refractivity contribution in [1.82, 2.24) is 9.36 Å². The van der Waals surface area contributed by atoms with E-state index in [1.807, 2.05) is 24.3 Å². The first-order valence-corrected chi connectivity index (χ1v) is 8.18. The molecule has 7 heteroatoms. The molecule has 0 spiro atoms. The van der Waals surface area contributed by atoms with Crippen molar-refractivity contribution in [1.29, 1.82) is 5.26 Å². The molecule has 6 nitrogen and oxygen atoms in total. The van der Waals surface area contributed by atoms with Crippen LogP contribution in [0.25, 0.3) is 11.4 Å². The molecule has 1 N–H and O–H groups in total. The van der Waals surface area contributed by atoms with Crippen LogP contribution in [0.5, 0.6) is 5.75 Å². The number of anilines is 1. The summed E-state index contributed by atoms with van der Waals surface area (Å²) in [7, 11) is 1.61. The Bertz CT molecular complexity index is 958. The summed E-state index contributed by atoms with van der Waals surface area (Å²) in [5, 5.41) is 12.1. The molecule has 0 atom stereocenters. The molecular formula is C18H14N4O2S. The number of hydrogen-bond acceptors (Lipinski definition) is 6. The van der Waals surface area contributed by atoms with Gasteiger partial charge in [0.25, 0.3) is 5.91 Å². The molecule has 0 saturated heterocycles. The summed E-state index contributed by atoms with van der Waals surface area (Å²) in [5.41, 5.74) is 2.59. The summed E-state index contributed by atoms with van der Waals surface area (Å²) in [6.45, 7) is 1.79. The minimum Gasteiger partial charge on any atom is -0.497 e. The van der Waals surface area contributed by atoms with Gasteiger partial charge in [-0.3, -0.25) is 10.1 Å². The van der Waals surface area contributed by atoms with E-state index in [-0.39, 0.29) is 5.91 Å². The fraction of sp³-hybridized carbons (Fsp3) is 0.111. The van der Waals surface area contributed by atoms with E-state index in [1.54, 1.807) is 32.2 Å². The van der Waals surface area contributed by atoms with Crippen LogP contribution in [0, 0.1) is 18.3 Å². The van der Waals surface area contributed by atoms with Crippen LogP contribution in [0.15, 0.2) is 42.5 Å². The first-order chi connectivity index (χ1) is 12.1. The quantitative estimate of drug-likeness (QED) is 0.776. The third-order valence-corrected chi connectivity index (χ3v) is 4.23. The van der Waals surface area contributed by atoms with E-state index in [0.29, 0.717) is 22.1 Å². The molecule has 25 heavy (non-hydrogen) atoms. The van der Waals surface area contributed by atoms with Crippen molar-refractivity contribution >= 4 is 22.6 Å². The Morgan fingerprint density at radius 1 is 1.24 bits per heavy atom. The summed E-state index contributed by atoms with van der Waals surface area (Å²) in [4.78, 5) is 16.7. The molecule has 3 rings (SSSR count). The maximum absolute atomic E-state index is 12.4. The number of benzene rings is 2. The lowest BCUT2D eigenvalue weighted by Crippen LogP contribution is -2.13. The first kappa shape index (κ1) is 16.6. The summed E-state index contributed by atoms with van der Waals surface area (Å²) in [6.07, 6.45) is 0. The highest BCUT2D eigenvalue weighted by molar-refractivity contribution is 7.10. The largest absolute Gasteiger partial charge is 0.497 e. The second-order valence-corrected chi connectivity index (χ2v) is 6.00. The molecule has 0 aliphatic heterocycles. The molecule has 0 aliphatic rings. The van der Waals surface area contributed by atoms with Gasteiger partial charge in [-0.05, 0) is 55.0 Å². The number of amides is 1. The van der Waals surface area contributed by atoms with Gasteiger partial charge in [-0.1, -0.05) is 0 Å². The number of nitrogens with zero attached hydrogens (tertiary/aromatic N) is 3. The number of aromatic nitrogens is 2. The zero-order chi connectivity index (χ0) is 17.8. The predicted molar refractivity (Wildman–Crippen MR) is 95.7 cm³/mol. The highest BCUT2D eigenvalue weighted by atomic mass is 32.1. The van der Waals surface area contributed by atoms with Crippen molar-refractivity contribution in [3.63, 3.8) is 0 Å². The molecule has 0 fully saturated rings. The number of nitrogens with one attached hydrogen (secondary N) is 1. The van der Waals surface area contributed by atoms with E-state index in [2.05, 4.69) is 20.7 Å². The molecule has 1 aromatic heterocycles. The smallest absolute Gasteiger partial charge is 0.257 e. The highest BCUT2D eigenvalue weighted by Gasteiger charge is 2.13. The highest BCUT2D eigenvalue weighted by Crippen LogP contribution is 2.24. The van der Waals surface area contributed by atoms with Gasteiger partial charge in [-0.15, -0.1) is 0 Å². The maximum atomic E-state index is 12.4. The zero-order valence-corrected chi connectivity index (χ0v) is 14.4. The van der Waals surface area contributed by atoms with Gasteiger partial charge in [0.1, 0.15) is 5.75 Å². The van der Waals surface area contributed by atoms with E-state index in [9.17, 15) is 4.79 Å². The molecule has 0 aliphatic carbocycles. The number of carbonyl (C=O) groups excluding carboxylic acids is 1. The average molecular weight is 350 g/mol. The Morgan fingerprint density at radius 2 is 2.00 bits per heavy atom. The predicted octanol–water partition coefficient (Wildman–Crippen LogP) is 3.65. The molecule has 1 heterocycles. The van der Waals surface area contributed by atoms with E-state index in [0.717, 1.165) is 28.4 Å². The minimum absolute atomic E-state index is 0.278. The Hall–Kier alpha value is -3.24. The lowest BCUT2D eigenvalue weighted by Gasteiger charge is -2.05. The molecule has 124 valence electrons. The number of carbonyl (C=O) groups is 1. The molecule has 1 amide bonds. The fourth-order valence-corrected chi connectivity index (χ4v) is 2.87. The SMILES string of the molecule is COc1ccc(-c2nsc(NC(=O)c3ccc(C#N)cc3C)n2)cc1. The van der Waals surface area contributed by atoms with E-state index < -0.39 is 0 Å². The first-order valence-electron chi connectivity index (χ1n) is 7.41. The molecule has 0 unspecified atom stereocenters. The Kier molecular flexibility index (Phi) is 4.73. The van der Waals surface area contributed by atoms with Gasteiger partial charge in [0, 0.05) is 22.7 Å². The minimum atomic E-state index is -0.278. The van der Waals surface area contributed by atoms with Gasteiger partial charge in [0.2, 0.25) is 5.13 Å². The van der Waals surface area contributed by atoms with Crippen LogP contribution in [0.4, 0.5) is 5.13 Å². The van der Waals surface area contributed by atoms with Crippen molar-refractivity contribution in [3.05, 3.63) is 59.2 Å². The average Bonchev–Trinajstić information content (AvgIpc) is 3.10. The fourth-order valence-electron chi connectivity index (χ4n) is 2.28. The lowest BCUT2D eigenvalue weighted by molar-refractivity contribution is 0.102. The monoisotopic (exact) mass is 350 g/mol. The standard InChI is InChI=1S/C18H14N4O2S/c1-11-9-12(10-19)3-8-15(11)17(23)21-18-20-16(22-25-18)13-4-6-14(24-2)7-5-13/h3-9H,1-2H3,(H,20,21,22,23). The van der Waals surface area contributed by atoms with Crippen LogP contribution < -0.4 is 10.1 Å². The Balaban J connectivity index is 1.76. The van der Waals surface area contributed by atoms with Gasteiger partial charge in [0.15, 0.2) is 5.82 Å². The summed E-state index contributed by atoms with van der Waals surface area (Å²) >= 11 is 1.11. The number of nitriles is 1. The van der Waals surface area contributed by atoms with Crippen LogP contribution >= 0.6 is 11.5 Å². The van der Waals surface area contributed by atoms with E-state index in [4.69, 9.17) is 10.00 Å². The summed E-state index contributed by atoms with van der Waals surface area (Å²) < 4.78 is 9.39. The summed E-state index contributed by atoms with van der Waals surface area (Å²) in [6, 6.07) is 14.4. The third-order valence-electron chi connectivity index (χ3n) is 3.59. The topological polar surface area (TPSA) is 87.9 Å². The zero-order valence-electron chi connectivity index (χ0n) is 13.6. The third kappa shape index (κ3) is 3.65. The van der Waals surface area contributed by atoms with Crippen LogP contribution in [0.1, 0.15) is 21.5 Å². The van der Waals surface area contributed by atoms with Gasteiger partial charge in [0.05, 0.1) is 18.7 Å². The number of hydrogen-bond donors (Lipinski definition) is 1. The molecule has 0 saturated carbocycles. The van der Waals surface area contributed by atoms with Gasteiger partial charge in [-0.25, -0.2) is 0 Å². The van der Waals surface area contributed by atoms with E-state index in [1.165, 1.54) is 0 Å². The lowest BCUT2D eigenvalue weighted by atomic mass is 10.1. The van der Waals surface area contributed by atoms with Crippen LogP contribution in [0.3, 0.4) is 0 Å². The second kappa shape index (κ2) is 7.11. The van der Waals surface area contributed by atoms with E-state index >= 15 is 0 Å². The maximum Gasteiger partial charge on any atom is 0.257 e. The van der Waals surface area contributed by atoms with Gasteiger partial charge in [-0.2, -0.15) is 14.6 Å². The number of methoxy groups -OCH3 is 1. The number of ether oxygens (including phenoxy) is 1. The second-order valence-electron chi connectivity index (χ2n) is 5.25. The molecular weight excluding hydrogens is 336 g/mol. The molecule has 2 aromatic carbocycles.